The van der Waals surface area contributed by atoms with Crippen LogP contribution in [0.3, 0.4) is 0 Å². The van der Waals surface area contributed by atoms with Gasteiger partial charge in [0.1, 0.15) is 22.3 Å². The van der Waals surface area contributed by atoms with Gasteiger partial charge in [0, 0.05) is 86.1 Å². The maximum Gasteiger partial charge on any atom is 0.143 e. The Hall–Kier alpha value is -9.72. The fourth-order valence-corrected chi connectivity index (χ4v) is 14.9. The van der Waals surface area contributed by atoms with Gasteiger partial charge in [-0.3, -0.25) is 0 Å². The third kappa shape index (κ3) is 7.26. The first kappa shape index (κ1) is 46.4. The van der Waals surface area contributed by atoms with Crippen molar-refractivity contribution >= 4 is 141 Å². The number of benzene rings is 12. The highest BCUT2D eigenvalue weighted by Crippen LogP contribution is 2.52. The van der Waals surface area contributed by atoms with Gasteiger partial charge in [0.05, 0.1) is 32.1 Å². The molecule has 0 saturated heterocycles. The highest BCUT2D eigenvalue weighted by atomic mass is 32.1. The lowest BCUT2D eigenvalue weighted by atomic mass is 9.96. The van der Waals surface area contributed by atoms with Crippen LogP contribution in [0.25, 0.3) is 118 Å². The average molecular weight is 1060 g/mol. The predicted molar refractivity (Wildman–Crippen MR) is 342 cm³/mol. The van der Waals surface area contributed by atoms with Gasteiger partial charge in [0.2, 0.25) is 0 Å². The van der Waals surface area contributed by atoms with Gasteiger partial charge in [-0.1, -0.05) is 182 Å². The molecule has 0 spiro atoms. The minimum absolute atomic E-state index is 0.886. The molecule has 16 aromatic rings. The summed E-state index contributed by atoms with van der Waals surface area (Å²) in [6.45, 7) is 4.52. The van der Waals surface area contributed by atoms with Crippen LogP contribution in [0.1, 0.15) is 11.1 Å². The van der Waals surface area contributed by atoms with E-state index >= 15 is 0 Å². The molecule has 12 aromatic carbocycles. The number of hydrogen-bond acceptors (Lipinski definition) is 6. The number of hydrogen-bond donors (Lipinski definition) is 0. The van der Waals surface area contributed by atoms with Gasteiger partial charge in [-0.2, -0.15) is 0 Å². The standard InChI is InChI=1S/C74H48N2O2S2/c1-45-43-47(39-41-61(45)75(65-33-17-29-59-53-23-7-13-37-69(53)79-73(59)65)63-31-9-3-19-49(63)55-25-15-27-57-51-21-5-11-35-67(51)77-71(55)57)48-40-42-62(46(2)44-48)76(66-34-18-30-60-54-24-8-14-38-70(54)80-74(60)66)64-32-10-4-20-50(64)56-26-16-28-58-52-22-6-12-36-68(52)78-72(56)58/h3-44H,1-2H3. The van der Waals surface area contributed by atoms with E-state index in [1.54, 1.807) is 0 Å². The average Bonchev–Trinajstić information content (AvgIpc) is 4.35. The molecular weight excluding hydrogens is 1010 g/mol. The predicted octanol–water partition coefficient (Wildman–Crippen LogP) is 22.8. The molecule has 4 nitrogen and oxygen atoms in total. The van der Waals surface area contributed by atoms with Gasteiger partial charge < -0.3 is 18.6 Å². The monoisotopic (exact) mass is 1060 g/mol. The molecule has 0 fully saturated rings. The SMILES string of the molecule is Cc1cc(-c2ccc(N(c3ccccc3-c3cccc4c3oc3ccccc34)c3cccc4c3sc3ccccc34)c(C)c2)ccc1N(c1ccccc1-c1cccc2c1oc1ccccc12)c1cccc2c1sc1ccccc12. The van der Waals surface area contributed by atoms with E-state index < -0.39 is 0 Å². The summed E-state index contributed by atoms with van der Waals surface area (Å²) < 4.78 is 18.5. The second-order valence-corrected chi connectivity index (χ2v) is 22.9. The maximum absolute atomic E-state index is 6.73. The van der Waals surface area contributed by atoms with Crippen LogP contribution < -0.4 is 9.80 Å². The quantitative estimate of drug-likeness (QED) is 0.144. The molecular formula is C74H48N2O2S2. The Morgan fingerprint density at radius 3 is 1.09 bits per heavy atom. The zero-order valence-electron chi connectivity index (χ0n) is 43.8. The fraction of sp³-hybridized carbons (Fsp3) is 0.0270. The normalized spacial score (nSPS) is 11.9. The first-order valence-electron chi connectivity index (χ1n) is 27.1. The van der Waals surface area contributed by atoms with E-state index in [2.05, 4.69) is 266 Å². The number of anilines is 6. The first-order valence-corrected chi connectivity index (χ1v) is 28.8. The number of nitrogens with zero attached hydrogens (tertiary/aromatic N) is 2. The van der Waals surface area contributed by atoms with Crippen molar-refractivity contribution in [2.24, 2.45) is 0 Å². The summed E-state index contributed by atoms with van der Waals surface area (Å²) >= 11 is 3.71. The van der Waals surface area contributed by atoms with E-state index in [0.717, 1.165) is 123 Å². The minimum atomic E-state index is 0.886. The van der Waals surface area contributed by atoms with Crippen LogP contribution in [0.4, 0.5) is 34.1 Å². The van der Waals surface area contributed by atoms with E-state index in [4.69, 9.17) is 8.83 Å². The molecule has 0 bridgehead atoms. The maximum atomic E-state index is 6.73. The summed E-state index contributed by atoms with van der Waals surface area (Å²) in [5.74, 6) is 0. The molecule has 0 saturated carbocycles. The minimum Gasteiger partial charge on any atom is -0.455 e. The molecule has 0 radical (unpaired) electrons. The Kier molecular flexibility index (Phi) is 10.7. The van der Waals surface area contributed by atoms with Gasteiger partial charge in [-0.25, -0.2) is 0 Å². The van der Waals surface area contributed by atoms with Crippen molar-refractivity contribution in [1.29, 1.82) is 0 Å². The summed E-state index contributed by atoms with van der Waals surface area (Å²) in [6, 6.07) is 92.4. The molecule has 4 heterocycles. The van der Waals surface area contributed by atoms with Crippen molar-refractivity contribution in [2.75, 3.05) is 9.80 Å². The summed E-state index contributed by atoms with van der Waals surface area (Å²) in [5.41, 5.74) is 19.1. The van der Waals surface area contributed by atoms with Crippen LogP contribution in [0.2, 0.25) is 0 Å². The van der Waals surface area contributed by atoms with Crippen molar-refractivity contribution in [3.8, 4) is 33.4 Å². The molecule has 0 N–H and O–H groups in total. The van der Waals surface area contributed by atoms with Crippen LogP contribution in [0, 0.1) is 13.8 Å². The molecule has 80 heavy (non-hydrogen) atoms. The Morgan fingerprint density at radius 2 is 0.625 bits per heavy atom. The molecule has 378 valence electrons. The third-order valence-corrected chi connectivity index (χ3v) is 18.6. The van der Waals surface area contributed by atoms with Crippen molar-refractivity contribution < 1.29 is 8.83 Å². The molecule has 4 aromatic heterocycles. The summed E-state index contributed by atoms with van der Waals surface area (Å²) in [7, 11) is 0. The van der Waals surface area contributed by atoms with Crippen LogP contribution in [0.15, 0.2) is 264 Å². The lowest BCUT2D eigenvalue weighted by Crippen LogP contribution is -2.13. The van der Waals surface area contributed by atoms with Gasteiger partial charge in [0.15, 0.2) is 0 Å². The Morgan fingerprint density at radius 1 is 0.275 bits per heavy atom. The number of aryl methyl sites for hydroxylation is 2. The van der Waals surface area contributed by atoms with Crippen molar-refractivity contribution in [3.63, 3.8) is 0 Å². The number of para-hydroxylation sites is 6. The zero-order chi connectivity index (χ0) is 53.0. The van der Waals surface area contributed by atoms with Crippen LogP contribution >= 0.6 is 22.7 Å². The highest BCUT2D eigenvalue weighted by Gasteiger charge is 2.27. The molecule has 0 amide bonds. The summed E-state index contributed by atoms with van der Waals surface area (Å²) in [6.07, 6.45) is 0. The molecule has 6 heteroatoms. The fourth-order valence-electron chi connectivity index (χ4n) is 12.5. The van der Waals surface area contributed by atoms with E-state index in [1.165, 1.54) is 40.3 Å². The number of rotatable bonds is 9. The highest BCUT2D eigenvalue weighted by molar-refractivity contribution is 7.26. The van der Waals surface area contributed by atoms with E-state index in [1.807, 2.05) is 34.8 Å². The summed E-state index contributed by atoms with van der Waals surface area (Å²) in [5, 5.41) is 9.49. The molecule has 0 aliphatic heterocycles. The van der Waals surface area contributed by atoms with Crippen LogP contribution in [0.5, 0.6) is 0 Å². The van der Waals surface area contributed by atoms with Gasteiger partial charge >= 0.3 is 0 Å². The molecule has 0 unspecified atom stereocenters. The zero-order valence-corrected chi connectivity index (χ0v) is 45.4. The Balaban J connectivity index is 0.855. The van der Waals surface area contributed by atoms with E-state index in [0.29, 0.717) is 0 Å². The third-order valence-electron chi connectivity index (χ3n) is 16.1. The lowest BCUT2D eigenvalue weighted by Gasteiger charge is -2.30. The van der Waals surface area contributed by atoms with Gasteiger partial charge in [-0.05, 0) is 109 Å². The Bertz CT molecular complexity index is 4830. The smallest absolute Gasteiger partial charge is 0.143 e. The molecule has 0 aliphatic rings. The second kappa shape index (κ2) is 18.5. The van der Waals surface area contributed by atoms with Crippen LogP contribution in [-0.2, 0) is 0 Å². The van der Waals surface area contributed by atoms with Crippen molar-refractivity contribution in [2.45, 2.75) is 13.8 Å². The molecule has 16 rings (SSSR count). The van der Waals surface area contributed by atoms with Crippen LogP contribution in [-0.4, -0.2) is 0 Å². The number of furan rings is 2. The van der Waals surface area contributed by atoms with Gasteiger partial charge in [0.25, 0.3) is 0 Å². The first-order chi connectivity index (χ1) is 39.5. The largest absolute Gasteiger partial charge is 0.455 e. The molecule has 0 atom stereocenters. The summed E-state index contributed by atoms with van der Waals surface area (Å²) in [4.78, 5) is 4.97. The number of thiophene rings is 2. The topological polar surface area (TPSA) is 32.8 Å². The second-order valence-electron chi connectivity index (χ2n) is 20.8. The van der Waals surface area contributed by atoms with E-state index in [9.17, 15) is 0 Å². The van der Waals surface area contributed by atoms with E-state index in [-0.39, 0.29) is 0 Å². The van der Waals surface area contributed by atoms with Crippen molar-refractivity contribution in [3.05, 3.63) is 266 Å². The van der Waals surface area contributed by atoms with Crippen molar-refractivity contribution in [1.82, 2.24) is 0 Å². The lowest BCUT2D eigenvalue weighted by molar-refractivity contribution is 0.669. The van der Waals surface area contributed by atoms with Gasteiger partial charge in [-0.15, -0.1) is 22.7 Å². The molecule has 0 aliphatic carbocycles. The Labute approximate surface area is 469 Å². The number of fused-ring (bicyclic) bond motifs is 12.